The highest BCUT2D eigenvalue weighted by molar-refractivity contribution is 7.10. The molecule has 1 aliphatic rings. The highest BCUT2D eigenvalue weighted by Gasteiger charge is 2.23. The van der Waals surface area contributed by atoms with Crippen LogP contribution in [0, 0.1) is 27.7 Å². The average molecular weight is 425 g/mol. The lowest BCUT2D eigenvalue weighted by Crippen LogP contribution is -2.49. The monoisotopic (exact) mass is 424 g/mol. The molecule has 3 aromatic rings. The number of rotatable bonds is 5. The van der Waals surface area contributed by atoms with E-state index in [9.17, 15) is 4.79 Å². The van der Waals surface area contributed by atoms with Crippen molar-refractivity contribution >= 4 is 23.1 Å². The molecule has 0 saturated carbocycles. The highest BCUT2D eigenvalue weighted by atomic mass is 32.1. The van der Waals surface area contributed by atoms with E-state index in [-0.39, 0.29) is 5.91 Å². The largest absolute Gasteiger partial charge is 0.353 e. The van der Waals surface area contributed by atoms with Crippen LogP contribution in [0.5, 0.6) is 0 Å². The van der Waals surface area contributed by atoms with Crippen molar-refractivity contribution in [1.29, 1.82) is 0 Å². The minimum atomic E-state index is 0.240. The van der Waals surface area contributed by atoms with E-state index in [0.717, 1.165) is 61.4 Å². The molecule has 3 aromatic heterocycles. The number of anilines is 1. The first kappa shape index (κ1) is 20.5. The lowest BCUT2D eigenvalue weighted by atomic mass is 10.2. The Morgan fingerprint density at radius 2 is 1.77 bits per heavy atom. The van der Waals surface area contributed by atoms with Crippen molar-refractivity contribution in [2.24, 2.45) is 0 Å². The molecule has 0 unspecified atom stereocenters. The predicted octanol–water partition coefficient (Wildman–Crippen LogP) is 3.24. The maximum Gasteiger partial charge on any atom is 0.223 e. The zero-order valence-corrected chi connectivity index (χ0v) is 18.9. The number of piperazine rings is 1. The van der Waals surface area contributed by atoms with Crippen LogP contribution in [0.3, 0.4) is 0 Å². The molecule has 0 atom stereocenters. The number of nitrogens with zero attached hydrogens (tertiary/aromatic N) is 6. The second-order valence-electron chi connectivity index (χ2n) is 7.87. The number of carbonyl (C=O) groups excluding carboxylic acids is 1. The molecular weight excluding hydrogens is 396 g/mol. The Bertz CT molecular complexity index is 1050. The van der Waals surface area contributed by atoms with Gasteiger partial charge in [-0.25, -0.2) is 14.6 Å². The van der Waals surface area contributed by atoms with Gasteiger partial charge >= 0.3 is 0 Å². The van der Waals surface area contributed by atoms with Crippen LogP contribution < -0.4 is 4.90 Å². The highest BCUT2D eigenvalue weighted by Crippen LogP contribution is 2.20. The molecule has 4 heterocycles. The number of hydrogen-bond donors (Lipinski definition) is 0. The number of aryl methyl sites for hydroxylation is 5. The molecule has 0 aliphatic carbocycles. The van der Waals surface area contributed by atoms with Crippen molar-refractivity contribution in [3.05, 3.63) is 51.2 Å². The van der Waals surface area contributed by atoms with Crippen LogP contribution in [-0.2, 0) is 11.2 Å². The summed E-state index contributed by atoms with van der Waals surface area (Å²) in [5.74, 6) is 2.64. The summed E-state index contributed by atoms with van der Waals surface area (Å²) in [5.41, 5.74) is 3.30. The SMILES string of the molecule is Cc1cc(C)n(-c2cc(N3CCN(C(=O)CCc4sccc4C)CC3)nc(C)n2)n1. The maximum atomic E-state index is 12.7. The number of thiophene rings is 1. The van der Waals surface area contributed by atoms with Crippen LogP contribution >= 0.6 is 11.3 Å². The molecule has 30 heavy (non-hydrogen) atoms. The fourth-order valence-electron chi connectivity index (χ4n) is 3.89. The standard InChI is InChI=1S/C22H28N6OS/c1-15-7-12-30-19(15)5-6-22(29)27-10-8-26(9-11-27)20-14-21(24-18(4)23-20)28-17(3)13-16(2)25-28/h7,12-14H,5-6,8-11H2,1-4H3. The number of hydrogen-bond acceptors (Lipinski definition) is 6. The van der Waals surface area contributed by atoms with Crippen LogP contribution in [-0.4, -0.2) is 56.7 Å². The summed E-state index contributed by atoms with van der Waals surface area (Å²) in [6.45, 7) is 11.0. The molecule has 4 rings (SSSR count). The summed E-state index contributed by atoms with van der Waals surface area (Å²) in [6, 6.07) is 6.15. The minimum absolute atomic E-state index is 0.240. The van der Waals surface area contributed by atoms with Gasteiger partial charge in [0.2, 0.25) is 5.91 Å². The van der Waals surface area contributed by atoms with Gasteiger partial charge in [-0.15, -0.1) is 11.3 Å². The molecule has 1 amide bonds. The van der Waals surface area contributed by atoms with E-state index in [1.807, 2.05) is 42.5 Å². The van der Waals surface area contributed by atoms with Gasteiger partial charge in [-0.1, -0.05) is 0 Å². The molecule has 7 nitrogen and oxygen atoms in total. The Hall–Kier alpha value is -2.74. The summed E-state index contributed by atoms with van der Waals surface area (Å²) in [4.78, 5) is 27.4. The third-order valence-corrected chi connectivity index (χ3v) is 6.61. The van der Waals surface area contributed by atoms with E-state index in [0.29, 0.717) is 6.42 Å². The van der Waals surface area contributed by atoms with Crippen LogP contribution in [0.2, 0.25) is 0 Å². The van der Waals surface area contributed by atoms with Crippen LogP contribution in [0.15, 0.2) is 23.6 Å². The molecule has 1 saturated heterocycles. The molecule has 158 valence electrons. The van der Waals surface area contributed by atoms with E-state index >= 15 is 0 Å². The van der Waals surface area contributed by atoms with Gasteiger partial charge < -0.3 is 9.80 Å². The summed E-state index contributed by atoms with van der Waals surface area (Å²) in [6.07, 6.45) is 1.41. The van der Waals surface area contributed by atoms with Crippen LogP contribution in [0.4, 0.5) is 5.82 Å². The molecule has 0 spiro atoms. The van der Waals surface area contributed by atoms with Crippen molar-refractivity contribution in [3.63, 3.8) is 0 Å². The minimum Gasteiger partial charge on any atom is -0.353 e. The normalized spacial score (nSPS) is 14.4. The summed E-state index contributed by atoms with van der Waals surface area (Å²) >= 11 is 1.74. The molecule has 0 N–H and O–H groups in total. The maximum absolute atomic E-state index is 12.7. The van der Waals surface area contributed by atoms with E-state index < -0.39 is 0 Å². The quantitative estimate of drug-likeness (QED) is 0.629. The first-order chi connectivity index (χ1) is 14.4. The van der Waals surface area contributed by atoms with Crippen molar-refractivity contribution in [3.8, 4) is 5.82 Å². The Morgan fingerprint density at radius 3 is 2.40 bits per heavy atom. The van der Waals surface area contributed by atoms with Gasteiger partial charge in [-0.3, -0.25) is 4.79 Å². The molecule has 0 bridgehead atoms. The zero-order chi connectivity index (χ0) is 21.3. The van der Waals surface area contributed by atoms with Crippen LogP contribution in [0.25, 0.3) is 5.82 Å². The van der Waals surface area contributed by atoms with E-state index in [2.05, 4.69) is 38.3 Å². The number of amides is 1. The second kappa shape index (κ2) is 8.55. The predicted molar refractivity (Wildman–Crippen MR) is 120 cm³/mol. The lowest BCUT2D eigenvalue weighted by molar-refractivity contribution is -0.131. The van der Waals surface area contributed by atoms with Gasteiger partial charge in [0.25, 0.3) is 0 Å². The number of aromatic nitrogens is 4. The second-order valence-corrected chi connectivity index (χ2v) is 8.87. The zero-order valence-electron chi connectivity index (χ0n) is 18.1. The lowest BCUT2D eigenvalue weighted by Gasteiger charge is -2.35. The van der Waals surface area contributed by atoms with Crippen LogP contribution in [0.1, 0.15) is 34.1 Å². The summed E-state index contributed by atoms with van der Waals surface area (Å²) < 4.78 is 1.86. The first-order valence-corrected chi connectivity index (χ1v) is 11.2. The van der Waals surface area contributed by atoms with Gasteiger partial charge in [0, 0.05) is 49.2 Å². The molecular formula is C22H28N6OS. The van der Waals surface area contributed by atoms with Gasteiger partial charge in [0.1, 0.15) is 11.6 Å². The van der Waals surface area contributed by atoms with Crippen molar-refractivity contribution < 1.29 is 4.79 Å². The molecule has 1 aliphatic heterocycles. The van der Waals surface area contributed by atoms with Crippen molar-refractivity contribution in [1.82, 2.24) is 24.6 Å². The summed E-state index contributed by atoms with van der Waals surface area (Å²) in [5, 5.41) is 6.64. The van der Waals surface area contributed by atoms with E-state index in [1.165, 1.54) is 10.4 Å². The Kier molecular flexibility index (Phi) is 5.85. The van der Waals surface area contributed by atoms with E-state index in [4.69, 9.17) is 0 Å². The van der Waals surface area contributed by atoms with Crippen molar-refractivity contribution in [2.45, 2.75) is 40.5 Å². The molecule has 1 fully saturated rings. The van der Waals surface area contributed by atoms with Gasteiger partial charge in [-0.2, -0.15) is 5.10 Å². The smallest absolute Gasteiger partial charge is 0.223 e. The molecule has 8 heteroatoms. The fourth-order valence-corrected chi connectivity index (χ4v) is 4.80. The van der Waals surface area contributed by atoms with Gasteiger partial charge in [-0.05, 0) is 57.2 Å². The fraction of sp³-hybridized carbons (Fsp3) is 0.455. The van der Waals surface area contributed by atoms with Gasteiger partial charge in [0.15, 0.2) is 5.82 Å². The third-order valence-electron chi connectivity index (χ3n) is 5.53. The first-order valence-electron chi connectivity index (χ1n) is 10.4. The average Bonchev–Trinajstić information content (AvgIpc) is 3.29. The Morgan fingerprint density at radius 1 is 1.03 bits per heavy atom. The Balaban J connectivity index is 1.40. The third kappa shape index (κ3) is 4.38. The van der Waals surface area contributed by atoms with Crippen molar-refractivity contribution in [2.75, 3.05) is 31.1 Å². The number of carbonyl (C=O) groups is 1. The molecule has 0 aromatic carbocycles. The topological polar surface area (TPSA) is 67.2 Å². The summed E-state index contributed by atoms with van der Waals surface area (Å²) in [7, 11) is 0. The van der Waals surface area contributed by atoms with E-state index in [1.54, 1.807) is 11.3 Å². The van der Waals surface area contributed by atoms with Gasteiger partial charge in [0.05, 0.1) is 5.69 Å². The Labute approximate surface area is 181 Å². The molecule has 0 radical (unpaired) electrons.